The van der Waals surface area contributed by atoms with E-state index in [9.17, 15) is 4.79 Å². The van der Waals surface area contributed by atoms with Gasteiger partial charge >= 0.3 is 0 Å². The first kappa shape index (κ1) is 12.1. The van der Waals surface area contributed by atoms with Gasteiger partial charge in [-0.2, -0.15) is 0 Å². The van der Waals surface area contributed by atoms with Gasteiger partial charge in [-0.3, -0.25) is 4.79 Å². The van der Waals surface area contributed by atoms with E-state index in [0.717, 1.165) is 23.2 Å². The summed E-state index contributed by atoms with van der Waals surface area (Å²) in [5, 5.41) is 2.92. The molecule has 0 unspecified atom stereocenters. The van der Waals surface area contributed by atoms with Crippen molar-refractivity contribution in [1.29, 1.82) is 0 Å². The molecule has 0 bridgehead atoms. The van der Waals surface area contributed by atoms with Crippen LogP contribution in [0.1, 0.15) is 24.0 Å². The SMILES string of the molecule is Cc1cccc(C)c1NC(=O)CCCCl. The first-order chi connectivity index (χ1) is 7.15. The van der Waals surface area contributed by atoms with Crippen LogP contribution in [0.15, 0.2) is 18.2 Å². The van der Waals surface area contributed by atoms with Crippen molar-refractivity contribution in [3.05, 3.63) is 29.3 Å². The first-order valence-electron chi connectivity index (χ1n) is 5.07. The number of aryl methyl sites for hydroxylation is 2. The van der Waals surface area contributed by atoms with Gasteiger partial charge in [-0.05, 0) is 31.4 Å². The lowest BCUT2D eigenvalue weighted by molar-refractivity contribution is -0.116. The molecule has 0 saturated heterocycles. The standard InChI is InChI=1S/C12H16ClNO/c1-9-5-3-6-10(2)12(9)14-11(15)7-4-8-13/h3,5-6H,4,7-8H2,1-2H3,(H,14,15). The van der Waals surface area contributed by atoms with Gasteiger partial charge in [0.25, 0.3) is 0 Å². The molecular weight excluding hydrogens is 210 g/mol. The van der Waals surface area contributed by atoms with Gasteiger partial charge < -0.3 is 5.32 Å². The third-order valence-electron chi connectivity index (χ3n) is 2.28. The van der Waals surface area contributed by atoms with Crippen molar-refractivity contribution in [2.24, 2.45) is 0 Å². The zero-order valence-corrected chi connectivity index (χ0v) is 9.90. The highest BCUT2D eigenvalue weighted by Gasteiger charge is 2.06. The molecule has 0 aliphatic heterocycles. The van der Waals surface area contributed by atoms with Crippen LogP contribution in [0.2, 0.25) is 0 Å². The Labute approximate surface area is 95.6 Å². The second-order valence-electron chi connectivity index (χ2n) is 3.61. The third kappa shape index (κ3) is 3.56. The van der Waals surface area contributed by atoms with Crippen molar-refractivity contribution < 1.29 is 4.79 Å². The summed E-state index contributed by atoms with van der Waals surface area (Å²) in [5.41, 5.74) is 3.11. The Morgan fingerprint density at radius 3 is 2.47 bits per heavy atom. The van der Waals surface area contributed by atoms with Gasteiger partial charge in [0.2, 0.25) is 5.91 Å². The summed E-state index contributed by atoms with van der Waals surface area (Å²) in [6, 6.07) is 5.97. The van der Waals surface area contributed by atoms with Gasteiger partial charge in [0, 0.05) is 18.0 Å². The molecule has 1 aromatic rings. The van der Waals surface area contributed by atoms with E-state index < -0.39 is 0 Å². The van der Waals surface area contributed by atoms with Crippen molar-refractivity contribution in [2.45, 2.75) is 26.7 Å². The fourth-order valence-electron chi connectivity index (χ4n) is 1.44. The summed E-state index contributed by atoms with van der Waals surface area (Å²) in [5.74, 6) is 0.563. The molecule has 15 heavy (non-hydrogen) atoms. The lowest BCUT2D eigenvalue weighted by atomic mass is 10.1. The number of hydrogen-bond donors (Lipinski definition) is 1. The van der Waals surface area contributed by atoms with Crippen LogP contribution in [-0.4, -0.2) is 11.8 Å². The third-order valence-corrected chi connectivity index (χ3v) is 2.55. The quantitative estimate of drug-likeness (QED) is 0.783. The van der Waals surface area contributed by atoms with E-state index in [4.69, 9.17) is 11.6 Å². The van der Waals surface area contributed by atoms with E-state index in [1.165, 1.54) is 0 Å². The summed E-state index contributed by atoms with van der Waals surface area (Å²) in [7, 11) is 0. The normalized spacial score (nSPS) is 10.1. The molecule has 0 aromatic heterocycles. The predicted molar refractivity (Wildman–Crippen MR) is 64.5 cm³/mol. The van der Waals surface area contributed by atoms with Crippen LogP contribution in [0, 0.1) is 13.8 Å². The molecule has 1 aromatic carbocycles. The van der Waals surface area contributed by atoms with Crippen LogP contribution in [0.4, 0.5) is 5.69 Å². The highest BCUT2D eigenvalue weighted by Crippen LogP contribution is 2.19. The summed E-state index contributed by atoms with van der Waals surface area (Å²) in [6.07, 6.45) is 1.20. The number of hydrogen-bond acceptors (Lipinski definition) is 1. The monoisotopic (exact) mass is 225 g/mol. The molecule has 0 aliphatic carbocycles. The number of rotatable bonds is 4. The lowest BCUT2D eigenvalue weighted by Crippen LogP contribution is -2.13. The van der Waals surface area contributed by atoms with Gasteiger partial charge in [-0.15, -0.1) is 11.6 Å². The molecule has 0 atom stereocenters. The van der Waals surface area contributed by atoms with E-state index >= 15 is 0 Å². The van der Waals surface area contributed by atoms with Crippen molar-refractivity contribution in [3.63, 3.8) is 0 Å². The largest absolute Gasteiger partial charge is 0.326 e. The number of para-hydroxylation sites is 1. The molecule has 0 heterocycles. The van der Waals surface area contributed by atoms with E-state index in [1.807, 2.05) is 32.0 Å². The zero-order chi connectivity index (χ0) is 11.3. The van der Waals surface area contributed by atoms with Gasteiger partial charge in [0.15, 0.2) is 0 Å². The predicted octanol–water partition coefficient (Wildman–Crippen LogP) is 3.26. The van der Waals surface area contributed by atoms with Gasteiger partial charge in [0.1, 0.15) is 0 Å². The maximum absolute atomic E-state index is 11.5. The molecule has 82 valence electrons. The van der Waals surface area contributed by atoms with E-state index in [2.05, 4.69) is 5.32 Å². The lowest BCUT2D eigenvalue weighted by Gasteiger charge is -2.10. The number of halogens is 1. The van der Waals surface area contributed by atoms with Crippen LogP contribution in [-0.2, 0) is 4.79 Å². The van der Waals surface area contributed by atoms with Crippen LogP contribution in [0.5, 0.6) is 0 Å². The van der Waals surface area contributed by atoms with E-state index in [1.54, 1.807) is 0 Å². The molecular formula is C12H16ClNO. The average molecular weight is 226 g/mol. The maximum atomic E-state index is 11.5. The van der Waals surface area contributed by atoms with Gasteiger partial charge in [-0.1, -0.05) is 18.2 Å². The fraction of sp³-hybridized carbons (Fsp3) is 0.417. The molecule has 1 rings (SSSR count). The van der Waals surface area contributed by atoms with Gasteiger partial charge in [-0.25, -0.2) is 0 Å². The Bertz CT molecular complexity index is 329. The minimum Gasteiger partial charge on any atom is -0.326 e. The minimum absolute atomic E-state index is 0.0352. The second-order valence-corrected chi connectivity index (χ2v) is 3.99. The number of carbonyl (C=O) groups is 1. The second kappa shape index (κ2) is 5.76. The molecule has 0 saturated carbocycles. The van der Waals surface area contributed by atoms with Crippen molar-refractivity contribution in [3.8, 4) is 0 Å². The molecule has 2 nitrogen and oxygen atoms in total. The molecule has 0 fully saturated rings. The Kier molecular flexibility index (Phi) is 4.63. The Morgan fingerprint density at radius 2 is 1.93 bits per heavy atom. The molecule has 3 heteroatoms. The number of benzene rings is 1. The summed E-state index contributed by atoms with van der Waals surface area (Å²) < 4.78 is 0. The van der Waals surface area contributed by atoms with E-state index in [-0.39, 0.29) is 5.91 Å². The Balaban J connectivity index is 2.68. The number of anilines is 1. The summed E-state index contributed by atoms with van der Waals surface area (Å²) >= 11 is 5.53. The zero-order valence-electron chi connectivity index (χ0n) is 9.14. The highest BCUT2D eigenvalue weighted by atomic mass is 35.5. The smallest absolute Gasteiger partial charge is 0.224 e. The molecule has 1 amide bonds. The van der Waals surface area contributed by atoms with Crippen molar-refractivity contribution in [1.82, 2.24) is 0 Å². The average Bonchev–Trinajstić information content (AvgIpc) is 2.21. The Morgan fingerprint density at radius 1 is 1.33 bits per heavy atom. The van der Waals surface area contributed by atoms with Crippen LogP contribution in [0.25, 0.3) is 0 Å². The minimum atomic E-state index is 0.0352. The van der Waals surface area contributed by atoms with Crippen LogP contribution >= 0.6 is 11.6 Å². The molecule has 0 spiro atoms. The van der Waals surface area contributed by atoms with Crippen LogP contribution < -0.4 is 5.32 Å². The topological polar surface area (TPSA) is 29.1 Å². The summed E-state index contributed by atoms with van der Waals surface area (Å²) in [6.45, 7) is 3.98. The number of amides is 1. The highest BCUT2D eigenvalue weighted by molar-refractivity contribution is 6.18. The molecule has 0 radical (unpaired) electrons. The number of carbonyl (C=O) groups excluding carboxylic acids is 1. The molecule has 1 N–H and O–H groups in total. The number of nitrogens with one attached hydrogen (secondary N) is 1. The number of alkyl halides is 1. The summed E-state index contributed by atoms with van der Waals surface area (Å²) in [4.78, 5) is 11.5. The van der Waals surface area contributed by atoms with Crippen molar-refractivity contribution in [2.75, 3.05) is 11.2 Å². The van der Waals surface area contributed by atoms with Gasteiger partial charge in [0.05, 0.1) is 0 Å². The molecule has 0 aliphatic rings. The van der Waals surface area contributed by atoms with Crippen molar-refractivity contribution >= 4 is 23.2 Å². The first-order valence-corrected chi connectivity index (χ1v) is 5.60. The fourth-order valence-corrected chi connectivity index (χ4v) is 1.57. The van der Waals surface area contributed by atoms with E-state index in [0.29, 0.717) is 12.3 Å². The van der Waals surface area contributed by atoms with Crippen LogP contribution in [0.3, 0.4) is 0 Å². The maximum Gasteiger partial charge on any atom is 0.224 e. The Hall–Kier alpha value is -1.02.